The molecule has 0 amide bonds. The van der Waals surface area contributed by atoms with E-state index in [9.17, 15) is 13.9 Å². The molecule has 3 aromatic rings. The summed E-state index contributed by atoms with van der Waals surface area (Å²) in [7, 11) is 1.51. The number of aliphatic hydroxyl groups excluding tert-OH is 1. The van der Waals surface area contributed by atoms with Crippen molar-refractivity contribution in [3.63, 3.8) is 0 Å². The van der Waals surface area contributed by atoms with Crippen molar-refractivity contribution in [2.75, 3.05) is 7.11 Å². The summed E-state index contributed by atoms with van der Waals surface area (Å²) in [5.74, 6) is -0.808. The Morgan fingerprint density at radius 2 is 1.83 bits per heavy atom. The third-order valence-corrected chi connectivity index (χ3v) is 3.43. The summed E-state index contributed by atoms with van der Waals surface area (Å²) in [6.45, 7) is -0.398. The van der Waals surface area contributed by atoms with E-state index in [1.807, 2.05) is 0 Å². The third kappa shape index (κ3) is 2.80. The molecule has 0 saturated heterocycles. The van der Waals surface area contributed by atoms with E-state index >= 15 is 0 Å². The monoisotopic (exact) mass is 317 g/mol. The van der Waals surface area contributed by atoms with E-state index in [0.29, 0.717) is 22.6 Å². The van der Waals surface area contributed by atoms with Crippen molar-refractivity contribution in [1.82, 2.24) is 5.16 Å². The highest BCUT2D eigenvalue weighted by Crippen LogP contribution is 2.36. The highest BCUT2D eigenvalue weighted by atomic mass is 19.1. The number of hydrogen-bond donors (Lipinski definition) is 1. The second-order valence-electron chi connectivity index (χ2n) is 4.86. The molecule has 6 heteroatoms. The molecule has 0 fully saturated rings. The Morgan fingerprint density at radius 1 is 1.13 bits per heavy atom. The van der Waals surface area contributed by atoms with Crippen molar-refractivity contribution in [3.05, 3.63) is 59.7 Å². The number of aliphatic hydroxyl groups is 1. The topological polar surface area (TPSA) is 55.5 Å². The second kappa shape index (κ2) is 6.18. The Labute approximate surface area is 130 Å². The van der Waals surface area contributed by atoms with Crippen molar-refractivity contribution in [2.45, 2.75) is 6.61 Å². The fourth-order valence-corrected chi connectivity index (χ4v) is 2.42. The van der Waals surface area contributed by atoms with Gasteiger partial charge in [-0.05, 0) is 24.3 Å². The number of halogens is 2. The van der Waals surface area contributed by atoms with Crippen LogP contribution < -0.4 is 4.74 Å². The molecular weight excluding hydrogens is 304 g/mol. The second-order valence-corrected chi connectivity index (χ2v) is 4.86. The van der Waals surface area contributed by atoms with Gasteiger partial charge in [-0.3, -0.25) is 0 Å². The molecule has 0 aliphatic carbocycles. The first-order valence-corrected chi connectivity index (χ1v) is 6.83. The molecule has 0 spiro atoms. The smallest absolute Gasteiger partial charge is 0.173 e. The lowest BCUT2D eigenvalue weighted by Gasteiger charge is -2.06. The number of methoxy groups -OCH3 is 1. The summed E-state index contributed by atoms with van der Waals surface area (Å²) < 4.78 is 37.3. The van der Waals surface area contributed by atoms with E-state index in [2.05, 4.69) is 5.16 Å². The predicted molar refractivity (Wildman–Crippen MR) is 79.8 cm³/mol. The number of rotatable bonds is 4. The van der Waals surface area contributed by atoms with Gasteiger partial charge in [0.1, 0.15) is 23.1 Å². The summed E-state index contributed by atoms with van der Waals surface area (Å²) in [5, 5.41) is 13.6. The molecule has 1 N–H and O–H groups in total. The van der Waals surface area contributed by atoms with Gasteiger partial charge in [0.2, 0.25) is 0 Å². The summed E-state index contributed by atoms with van der Waals surface area (Å²) in [6.07, 6.45) is 0. The van der Waals surface area contributed by atoms with Crippen molar-refractivity contribution in [3.8, 4) is 28.3 Å². The normalized spacial score (nSPS) is 10.8. The number of nitrogens with zero attached hydrogens (tertiary/aromatic N) is 1. The number of benzene rings is 2. The highest BCUT2D eigenvalue weighted by molar-refractivity contribution is 5.76. The molecule has 0 aliphatic heterocycles. The van der Waals surface area contributed by atoms with E-state index in [4.69, 9.17) is 9.26 Å². The molecule has 118 valence electrons. The molecule has 1 heterocycles. The lowest BCUT2D eigenvalue weighted by atomic mass is 10.0. The molecule has 3 rings (SSSR count). The van der Waals surface area contributed by atoms with Gasteiger partial charge in [0.05, 0.1) is 19.3 Å². The van der Waals surface area contributed by atoms with Crippen LogP contribution in [0.1, 0.15) is 5.56 Å². The first kappa shape index (κ1) is 15.2. The first-order valence-electron chi connectivity index (χ1n) is 6.83. The fraction of sp³-hybridized carbons (Fsp3) is 0.118. The zero-order valence-electron chi connectivity index (χ0n) is 12.2. The summed E-state index contributed by atoms with van der Waals surface area (Å²) in [5.41, 5.74) is 1.48. The summed E-state index contributed by atoms with van der Waals surface area (Å²) in [6, 6.07) is 10.1. The Kier molecular flexibility index (Phi) is 4.08. The number of ether oxygens (including phenoxy) is 1. The molecule has 0 saturated carbocycles. The van der Waals surface area contributed by atoms with E-state index in [1.165, 1.54) is 7.11 Å². The van der Waals surface area contributed by atoms with Gasteiger partial charge in [-0.1, -0.05) is 17.3 Å². The maximum Gasteiger partial charge on any atom is 0.173 e. The van der Waals surface area contributed by atoms with Crippen molar-refractivity contribution < 1.29 is 23.1 Å². The molecule has 4 nitrogen and oxygen atoms in total. The van der Waals surface area contributed by atoms with E-state index in [-0.39, 0.29) is 11.3 Å². The maximum atomic E-state index is 13.4. The SMILES string of the molecule is COc1ccccc1-c1noc(-c2cc(F)cc(F)c2)c1CO. The predicted octanol–water partition coefficient (Wildman–Crippen LogP) is 3.79. The van der Waals surface area contributed by atoms with Crippen LogP contribution in [0.4, 0.5) is 8.78 Å². The number of hydrogen-bond acceptors (Lipinski definition) is 4. The number of aromatic nitrogens is 1. The first-order chi connectivity index (χ1) is 11.1. The molecule has 23 heavy (non-hydrogen) atoms. The van der Waals surface area contributed by atoms with Crippen LogP contribution in [0.15, 0.2) is 47.0 Å². The van der Waals surface area contributed by atoms with E-state index < -0.39 is 18.2 Å². The van der Waals surface area contributed by atoms with Crippen LogP contribution in [0.5, 0.6) is 5.75 Å². The van der Waals surface area contributed by atoms with Gasteiger partial charge in [-0.15, -0.1) is 0 Å². The van der Waals surface area contributed by atoms with Crippen LogP contribution in [-0.4, -0.2) is 17.4 Å². The fourth-order valence-electron chi connectivity index (χ4n) is 2.42. The summed E-state index contributed by atoms with van der Waals surface area (Å²) in [4.78, 5) is 0. The maximum absolute atomic E-state index is 13.4. The van der Waals surface area contributed by atoms with Gasteiger partial charge in [0.25, 0.3) is 0 Å². The van der Waals surface area contributed by atoms with Crippen LogP contribution in [-0.2, 0) is 6.61 Å². The largest absolute Gasteiger partial charge is 0.496 e. The van der Waals surface area contributed by atoms with Crippen LogP contribution in [0.2, 0.25) is 0 Å². The molecule has 0 radical (unpaired) electrons. The van der Waals surface area contributed by atoms with Gasteiger partial charge in [0, 0.05) is 17.2 Å². The van der Waals surface area contributed by atoms with Crippen LogP contribution in [0.25, 0.3) is 22.6 Å². The minimum absolute atomic E-state index is 0.117. The van der Waals surface area contributed by atoms with Crippen LogP contribution >= 0.6 is 0 Å². The average molecular weight is 317 g/mol. The van der Waals surface area contributed by atoms with Gasteiger partial charge in [-0.25, -0.2) is 8.78 Å². The lowest BCUT2D eigenvalue weighted by molar-refractivity contribution is 0.281. The third-order valence-electron chi connectivity index (χ3n) is 3.43. The van der Waals surface area contributed by atoms with Crippen LogP contribution in [0.3, 0.4) is 0 Å². The van der Waals surface area contributed by atoms with Crippen molar-refractivity contribution in [2.24, 2.45) is 0 Å². The minimum Gasteiger partial charge on any atom is -0.496 e. The zero-order valence-corrected chi connectivity index (χ0v) is 12.2. The number of para-hydroxylation sites is 1. The standard InChI is InChI=1S/C17H13F2NO3/c1-22-15-5-3-2-4-13(15)16-14(9-21)17(23-20-16)10-6-11(18)8-12(19)7-10/h2-8,21H,9H2,1H3. The van der Waals surface area contributed by atoms with Crippen molar-refractivity contribution in [1.29, 1.82) is 0 Å². The quantitative estimate of drug-likeness (QED) is 0.795. The highest BCUT2D eigenvalue weighted by Gasteiger charge is 2.21. The zero-order chi connectivity index (χ0) is 16.4. The van der Waals surface area contributed by atoms with Gasteiger partial charge in [0.15, 0.2) is 5.76 Å². The van der Waals surface area contributed by atoms with E-state index in [1.54, 1.807) is 24.3 Å². The van der Waals surface area contributed by atoms with Gasteiger partial charge >= 0.3 is 0 Å². The molecule has 0 unspecified atom stereocenters. The van der Waals surface area contributed by atoms with Crippen LogP contribution in [0, 0.1) is 11.6 Å². The summed E-state index contributed by atoms with van der Waals surface area (Å²) >= 11 is 0. The Morgan fingerprint density at radius 3 is 2.48 bits per heavy atom. The van der Waals surface area contributed by atoms with Gasteiger partial charge < -0.3 is 14.4 Å². The van der Waals surface area contributed by atoms with E-state index in [0.717, 1.165) is 18.2 Å². The molecular formula is C17H13F2NO3. The minimum atomic E-state index is -0.737. The lowest BCUT2D eigenvalue weighted by Crippen LogP contribution is -1.93. The Bertz CT molecular complexity index is 825. The molecule has 0 atom stereocenters. The Balaban J connectivity index is 2.17. The molecule has 0 aliphatic rings. The Hall–Kier alpha value is -2.73. The molecule has 2 aromatic carbocycles. The molecule has 1 aromatic heterocycles. The average Bonchev–Trinajstić information content (AvgIpc) is 2.97. The van der Waals surface area contributed by atoms with Crippen molar-refractivity contribution >= 4 is 0 Å². The van der Waals surface area contributed by atoms with Gasteiger partial charge in [-0.2, -0.15) is 0 Å². The molecule has 0 bridgehead atoms.